The zero-order chi connectivity index (χ0) is 10.5. The maximum absolute atomic E-state index is 13.0. The Kier molecular flexibility index (Phi) is 3.73. The maximum atomic E-state index is 13.0. The second-order valence-electron chi connectivity index (χ2n) is 4.26. The number of halogens is 1. The summed E-state index contributed by atoms with van der Waals surface area (Å²) in [5, 5.41) is 3.44. The average molecular weight is 207 g/mol. The van der Waals surface area contributed by atoms with Crippen molar-refractivity contribution >= 4 is 0 Å². The number of nitrogens with one attached hydrogen (secondary N) is 1. The molecule has 1 saturated heterocycles. The van der Waals surface area contributed by atoms with Gasteiger partial charge in [0.2, 0.25) is 0 Å². The van der Waals surface area contributed by atoms with Crippen molar-refractivity contribution in [1.29, 1.82) is 0 Å². The molecule has 0 bridgehead atoms. The molecule has 1 fully saturated rings. The van der Waals surface area contributed by atoms with Crippen molar-refractivity contribution in [1.82, 2.24) is 5.32 Å². The third kappa shape index (κ3) is 3.03. The van der Waals surface area contributed by atoms with Crippen molar-refractivity contribution in [3.8, 4) is 0 Å². The van der Waals surface area contributed by atoms with Gasteiger partial charge >= 0.3 is 0 Å². The Hall–Kier alpha value is -0.890. The zero-order valence-electron chi connectivity index (χ0n) is 9.01. The molecule has 1 nitrogen and oxygen atoms in total. The van der Waals surface area contributed by atoms with E-state index in [0.29, 0.717) is 5.92 Å². The Morgan fingerprint density at radius 2 is 2.13 bits per heavy atom. The molecule has 1 heterocycles. The second-order valence-corrected chi connectivity index (χ2v) is 4.26. The van der Waals surface area contributed by atoms with Crippen LogP contribution >= 0.6 is 0 Å². The monoisotopic (exact) mass is 207 g/mol. The summed E-state index contributed by atoms with van der Waals surface area (Å²) in [5.41, 5.74) is 1.30. The van der Waals surface area contributed by atoms with Crippen molar-refractivity contribution in [2.45, 2.75) is 25.7 Å². The molecule has 82 valence electrons. The van der Waals surface area contributed by atoms with Crippen LogP contribution in [-0.2, 0) is 0 Å². The Bertz CT molecular complexity index is 294. The van der Waals surface area contributed by atoms with E-state index >= 15 is 0 Å². The van der Waals surface area contributed by atoms with Crippen molar-refractivity contribution in [3.05, 3.63) is 35.7 Å². The van der Waals surface area contributed by atoms with Gasteiger partial charge in [-0.2, -0.15) is 0 Å². The van der Waals surface area contributed by atoms with Crippen LogP contribution in [-0.4, -0.2) is 13.1 Å². The van der Waals surface area contributed by atoms with E-state index in [4.69, 9.17) is 0 Å². The van der Waals surface area contributed by atoms with Crippen molar-refractivity contribution in [2.24, 2.45) is 5.92 Å². The summed E-state index contributed by atoms with van der Waals surface area (Å²) >= 11 is 0. The van der Waals surface area contributed by atoms with Crippen molar-refractivity contribution < 1.29 is 4.39 Å². The molecule has 0 radical (unpaired) electrons. The summed E-state index contributed by atoms with van der Waals surface area (Å²) in [6.45, 7) is 2.16. The van der Waals surface area contributed by atoms with Gasteiger partial charge in [-0.1, -0.05) is 18.6 Å². The molecular formula is C13H18FN. The highest BCUT2D eigenvalue weighted by atomic mass is 19.1. The first kappa shape index (κ1) is 10.6. The molecule has 1 aliphatic heterocycles. The van der Waals surface area contributed by atoms with Gasteiger partial charge in [0.15, 0.2) is 0 Å². The van der Waals surface area contributed by atoms with Crippen LogP contribution in [0.1, 0.15) is 25.7 Å². The van der Waals surface area contributed by atoms with E-state index in [-0.39, 0.29) is 5.83 Å². The largest absolute Gasteiger partial charge is 0.316 e. The van der Waals surface area contributed by atoms with Crippen LogP contribution < -0.4 is 5.32 Å². The first-order valence-electron chi connectivity index (χ1n) is 5.81. The van der Waals surface area contributed by atoms with Crippen molar-refractivity contribution in [2.75, 3.05) is 13.1 Å². The molecule has 1 atom stereocenters. The van der Waals surface area contributed by atoms with Gasteiger partial charge < -0.3 is 5.32 Å². The summed E-state index contributed by atoms with van der Waals surface area (Å²) in [6, 6.07) is 0. The van der Waals surface area contributed by atoms with E-state index in [1.165, 1.54) is 24.8 Å². The zero-order valence-corrected chi connectivity index (χ0v) is 9.01. The Balaban J connectivity index is 2.03. The molecule has 2 rings (SSSR count). The van der Waals surface area contributed by atoms with Gasteiger partial charge in [0.05, 0.1) is 0 Å². The molecule has 0 aromatic carbocycles. The van der Waals surface area contributed by atoms with Gasteiger partial charge in [-0.3, -0.25) is 0 Å². The minimum absolute atomic E-state index is 0.108. The van der Waals surface area contributed by atoms with Crippen molar-refractivity contribution in [3.63, 3.8) is 0 Å². The third-order valence-corrected chi connectivity index (χ3v) is 3.12. The summed E-state index contributed by atoms with van der Waals surface area (Å²) in [7, 11) is 0. The van der Waals surface area contributed by atoms with Gasteiger partial charge in [0, 0.05) is 6.54 Å². The lowest BCUT2D eigenvalue weighted by atomic mass is 9.93. The Labute approximate surface area is 90.8 Å². The fourth-order valence-electron chi connectivity index (χ4n) is 2.23. The molecule has 1 N–H and O–H groups in total. The summed E-state index contributed by atoms with van der Waals surface area (Å²) in [5.74, 6) is 0.464. The van der Waals surface area contributed by atoms with Crippen LogP contribution in [0.2, 0.25) is 0 Å². The standard InChI is InChI=1S/C13H18FN/c14-13-6-3-5-11(7-8-13)12-4-1-2-9-15-10-12/h5-8,12,15H,1-4,9-10H2. The SMILES string of the molecule is FC1=CCC=C(C2CCCCNC2)C=C1. The van der Waals surface area contributed by atoms with E-state index in [1.807, 2.05) is 6.08 Å². The number of allylic oxidation sites excluding steroid dienone is 5. The molecule has 0 aromatic rings. The van der Waals surface area contributed by atoms with Crippen LogP contribution in [0, 0.1) is 5.92 Å². The number of hydrogen-bond acceptors (Lipinski definition) is 1. The predicted octanol–water partition coefficient (Wildman–Crippen LogP) is 3.12. The molecule has 0 aromatic heterocycles. The lowest BCUT2D eigenvalue weighted by molar-refractivity contribution is 0.558. The molecular weight excluding hydrogens is 189 g/mol. The lowest BCUT2D eigenvalue weighted by Gasteiger charge is -2.15. The molecule has 2 aliphatic rings. The Morgan fingerprint density at radius 1 is 1.20 bits per heavy atom. The van der Waals surface area contributed by atoms with Gasteiger partial charge in [0.25, 0.3) is 0 Å². The molecule has 2 heteroatoms. The van der Waals surface area contributed by atoms with Crippen LogP contribution in [0.4, 0.5) is 4.39 Å². The minimum Gasteiger partial charge on any atom is -0.316 e. The lowest BCUT2D eigenvalue weighted by Crippen LogP contribution is -2.21. The highest BCUT2D eigenvalue weighted by molar-refractivity contribution is 5.31. The first-order valence-corrected chi connectivity index (χ1v) is 5.81. The Morgan fingerprint density at radius 3 is 3.07 bits per heavy atom. The van der Waals surface area contributed by atoms with E-state index in [9.17, 15) is 4.39 Å². The maximum Gasteiger partial charge on any atom is 0.119 e. The quantitative estimate of drug-likeness (QED) is 0.696. The average Bonchev–Trinajstić information content (AvgIpc) is 2.59. The number of rotatable bonds is 1. The second kappa shape index (κ2) is 5.26. The minimum atomic E-state index is -0.108. The van der Waals surface area contributed by atoms with Crippen LogP contribution in [0.15, 0.2) is 35.7 Å². The van der Waals surface area contributed by atoms with E-state index in [0.717, 1.165) is 19.5 Å². The molecule has 0 amide bonds. The van der Waals surface area contributed by atoms with Gasteiger partial charge in [-0.15, -0.1) is 0 Å². The molecule has 0 saturated carbocycles. The topological polar surface area (TPSA) is 12.0 Å². The molecule has 15 heavy (non-hydrogen) atoms. The van der Waals surface area contributed by atoms with E-state index < -0.39 is 0 Å². The summed E-state index contributed by atoms with van der Waals surface area (Å²) in [4.78, 5) is 0. The van der Waals surface area contributed by atoms with Gasteiger partial charge in [0.1, 0.15) is 5.83 Å². The normalized spacial score (nSPS) is 27.7. The first-order chi connectivity index (χ1) is 7.36. The van der Waals surface area contributed by atoms with Gasteiger partial charge in [-0.25, -0.2) is 4.39 Å². The summed E-state index contributed by atoms with van der Waals surface area (Å²) in [6.07, 6.45) is 11.8. The smallest absolute Gasteiger partial charge is 0.119 e. The fraction of sp³-hybridized carbons (Fsp3) is 0.538. The molecule has 0 spiro atoms. The highest BCUT2D eigenvalue weighted by Crippen LogP contribution is 2.24. The predicted molar refractivity (Wildman–Crippen MR) is 61.2 cm³/mol. The number of hydrogen-bond donors (Lipinski definition) is 1. The van der Waals surface area contributed by atoms with Gasteiger partial charge in [-0.05, 0) is 49.5 Å². The van der Waals surface area contributed by atoms with Crippen LogP contribution in [0.25, 0.3) is 0 Å². The van der Waals surface area contributed by atoms with E-state index in [1.54, 1.807) is 12.2 Å². The summed E-state index contributed by atoms with van der Waals surface area (Å²) < 4.78 is 13.0. The third-order valence-electron chi connectivity index (χ3n) is 3.12. The molecule has 1 aliphatic carbocycles. The van der Waals surface area contributed by atoms with Crippen LogP contribution in [0.5, 0.6) is 0 Å². The van der Waals surface area contributed by atoms with E-state index in [2.05, 4.69) is 11.4 Å². The highest BCUT2D eigenvalue weighted by Gasteiger charge is 2.15. The van der Waals surface area contributed by atoms with Crippen LogP contribution in [0.3, 0.4) is 0 Å². The molecule has 1 unspecified atom stereocenters. The fourth-order valence-corrected chi connectivity index (χ4v) is 2.23.